The fraction of sp³-hybridized carbons (Fsp3) is 0.0909. The van der Waals surface area contributed by atoms with Gasteiger partial charge in [0, 0.05) is 18.3 Å². The van der Waals surface area contributed by atoms with Gasteiger partial charge in [0.15, 0.2) is 0 Å². The van der Waals surface area contributed by atoms with Crippen molar-refractivity contribution in [1.29, 1.82) is 0 Å². The Kier molecular flexibility index (Phi) is 4.58. The Morgan fingerprint density at radius 1 is 1.04 bits per heavy atom. The van der Waals surface area contributed by atoms with E-state index in [1.807, 2.05) is 61.7 Å². The number of amides is 1. The first kappa shape index (κ1) is 16.8. The number of pyridine rings is 1. The maximum absolute atomic E-state index is 12.3. The summed E-state index contributed by atoms with van der Waals surface area (Å²) in [6, 6.07) is 19.2. The lowest BCUT2D eigenvalue weighted by Gasteiger charge is -2.08. The Hall–Kier alpha value is -3.60. The zero-order valence-corrected chi connectivity index (χ0v) is 14.9. The molecule has 0 fully saturated rings. The van der Waals surface area contributed by atoms with Gasteiger partial charge in [0.25, 0.3) is 5.91 Å². The van der Waals surface area contributed by atoms with Crippen molar-refractivity contribution in [2.75, 3.05) is 0 Å². The van der Waals surface area contributed by atoms with Crippen molar-refractivity contribution < 1.29 is 9.53 Å². The predicted octanol–water partition coefficient (Wildman–Crippen LogP) is 4.59. The van der Waals surface area contributed by atoms with Crippen LogP contribution in [-0.2, 0) is 6.54 Å². The highest BCUT2D eigenvalue weighted by molar-refractivity contribution is 5.92. The van der Waals surface area contributed by atoms with Crippen LogP contribution < -0.4 is 10.1 Å². The molecular formula is C22H19N3O2. The summed E-state index contributed by atoms with van der Waals surface area (Å²) in [5.41, 5.74) is 3.60. The zero-order valence-electron chi connectivity index (χ0n) is 14.9. The number of ether oxygens (including phenoxy) is 1. The third-order valence-corrected chi connectivity index (χ3v) is 4.30. The molecule has 0 unspecified atom stereocenters. The van der Waals surface area contributed by atoms with Gasteiger partial charge in [0.05, 0.1) is 6.20 Å². The van der Waals surface area contributed by atoms with Gasteiger partial charge in [0.1, 0.15) is 17.2 Å². The van der Waals surface area contributed by atoms with Gasteiger partial charge in [-0.2, -0.15) is 0 Å². The van der Waals surface area contributed by atoms with Crippen molar-refractivity contribution in [3.05, 3.63) is 89.9 Å². The minimum Gasteiger partial charge on any atom is -0.456 e. The molecule has 0 radical (unpaired) electrons. The summed E-state index contributed by atoms with van der Waals surface area (Å²) in [4.78, 5) is 19.7. The lowest BCUT2D eigenvalue weighted by molar-refractivity contribution is 0.0946. The second-order valence-electron chi connectivity index (χ2n) is 6.38. The molecule has 2 aromatic carbocycles. The van der Waals surface area contributed by atoms with E-state index in [1.165, 1.54) is 5.56 Å². The van der Waals surface area contributed by atoms with E-state index >= 15 is 0 Å². The number of benzene rings is 2. The number of nitrogens with one attached hydrogen (secondary N) is 2. The number of H-pyrrole nitrogens is 1. The largest absolute Gasteiger partial charge is 0.456 e. The molecule has 0 aliphatic rings. The van der Waals surface area contributed by atoms with Crippen LogP contribution in [0.2, 0.25) is 0 Å². The topological polar surface area (TPSA) is 67.0 Å². The number of aromatic nitrogens is 2. The zero-order chi connectivity index (χ0) is 18.6. The van der Waals surface area contributed by atoms with Crippen LogP contribution in [0.5, 0.6) is 11.5 Å². The van der Waals surface area contributed by atoms with E-state index in [1.54, 1.807) is 18.3 Å². The lowest BCUT2D eigenvalue weighted by atomic mass is 10.1. The third kappa shape index (κ3) is 3.98. The fourth-order valence-electron chi connectivity index (χ4n) is 2.80. The van der Waals surface area contributed by atoms with Crippen molar-refractivity contribution in [2.45, 2.75) is 13.5 Å². The molecule has 2 heterocycles. The number of fused-ring (bicyclic) bond motifs is 1. The third-order valence-electron chi connectivity index (χ3n) is 4.30. The van der Waals surface area contributed by atoms with E-state index in [9.17, 15) is 4.79 Å². The Morgan fingerprint density at radius 3 is 2.63 bits per heavy atom. The summed E-state index contributed by atoms with van der Waals surface area (Å²) < 4.78 is 5.73. The minimum atomic E-state index is -0.219. The molecular weight excluding hydrogens is 338 g/mol. The van der Waals surface area contributed by atoms with E-state index in [0.717, 1.165) is 22.2 Å². The molecule has 27 heavy (non-hydrogen) atoms. The number of aryl methyl sites for hydroxylation is 1. The molecule has 0 saturated carbocycles. The van der Waals surface area contributed by atoms with Gasteiger partial charge in [-0.05, 0) is 54.3 Å². The van der Waals surface area contributed by atoms with Crippen LogP contribution in [0.25, 0.3) is 10.9 Å². The molecule has 1 amide bonds. The van der Waals surface area contributed by atoms with Crippen molar-refractivity contribution in [3.63, 3.8) is 0 Å². The van der Waals surface area contributed by atoms with Gasteiger partial charge in [-0.15, -0.1) is 0 Å². The Labute approximate surface area is 157 Å². The summed E-state index contributed by atoms with van der Waals surface area (Å²) in [5.74, 6) is 1.11. The number of carbonyl (C=O) groups excluding carboxylic acids is 1. The Bertz CT molecular complexity index is 1070. The monoisotopic (exact) mass is 357 g/mol. The second-order valence-corrected chi connectivity index (χ2v) is 6.38. The lowest BCUT2D eigenvalue weighted by Crippen LogP contribution is -2.23. The van der Waals surface area contributed by atoms with Crippen molar-refractivity contribution in [3.8, 4) is 11.5 Å². The summed E-state index contributed by atoms with van der Waals surface area (Å²) in [5, 5.41) is 4.04. The SMILES string of the molecule is Cc1ccc(Oc2ccc(C(=O)NCc3ccc4cc[nH]c4c3)nc2)cc1. The molecule has 4 aromatic rings. The molecule has 0 spiro atoms. The van der Waals surface area contributed by atoms with Crippen LogP contribution in [0.4, 0.5) is 0 Å². The van der Waals surface area contributed by atoms with Crippen LogP contribution in [0.3, 0.4) is 0 Å². The van der Waals surface area contributed by atoms with Crippen molar-refractivity contribution >= 4 is 16.8 Å². The van der Waals surface area contributed by atoms with Crippen molar-refractivity contribution in [2.24, 2.45) is 0 Å². The summed E-state index contributed by atoms with van der Waals surface area (Å²) in [6.07, 6.45) is 3.46. The first-order chi connectivity index (χ1) is 13.2. The van der Waals surface area contributed by atoms with Crippen LogP contribution in [0.1, 0.15) is 21.6 Å². The van der Waals surface area contributed by atoms with Gasteiger partial charge in [-0.25, -0.2) is 4.98 Å². The van der Waals surface area contributed by atoms with Crippen LogP contribution >= 0.6 is 0 Å². The standard InChI is InChI=1S/C22H19N3O2/c1-15-2-6-18(7-3-15)27-19-8-9-20(24-14-19)22(26)25-13-16-4-5-17-10-11-23-21(17)12-16/h2-12,14,23H,13H2,1H3,(H,25,26). The Morgan fingerprint density at radius 2 is 1.85 bits per heavy atom. The number of nitrogens with zero attached hydrogens (tertiary/aromatic N) is 1. The van der Waals surface area contributed by atoms with Crippen molar-refractivity contribution in [1.82, 2.24) is 15.3 Å². The average Bonchev–Trinajstić information content (AvgIpc) is 3.16. The van der Waals surface area contributed by atoms with Crippen LogP contribution in [0.15, 0.2) is 73.1 Å². The van der Waals surface area contributed by atoms with E-state index in [-0.39, 0.29) is 5.91 Å². The van der Waals surface area contributed by atoms with E-state index in [0.29, 0.717) is 18.0 Å². The highest BCUT2D eigenvalue weighted by atomic mass is 16.5. The number of hydrogen-bond acceptors (Lipinski definition) is 3. The summed E-state index contributed by atoms with van der Waals surface area (Å²) >= 11 is 0. The molecule has 2 aromatic heterocycles. The number of aromatic amines is 1. The van der Waals surface area contributed by atoms with E-state index < -0.39 is 0 Å². The first-order valence-electron chi connectivity index (χ1n) is 8.72. The number of carbonyl (C=O) groups is 1. The van der Waals surface area contributed by atoms with Gasteiger partial charge in [-0.1, -0.05) is 29.8 Å². The molecule has 0 aliphatic heterocycles. The molecule has 0 aliphatic carbocycles. The Balaban J connectivity index is 1.37. The normalized spacial score (nSPS) is 10.7. The molecule has 134 valence electrons. The smallest absolute Gasteiger partial charge is 0.270 e. The highest BCUT2D eigenvalue weighted by Crippen LogP contribution is 2.21. The van der Waals surface area contributed by atoms with Gasteiger partial charge >= 0.3 is 0 Å². The molecule has 0 bridgehead atoms. The van der Waals surface area contributed by atoms with E-state index in [2.05, 4.69) is 15.3 Å². The second kappa shape index (κ2) is 7.33. The minimum absolute atomic E-state index is 0.219. The highest BCUT2D eigenvalue weighted by Gasteiger charge is 2.08. The number of rotatable bonds is 5. The molecule has 0 saturated heterocycles. The maximum Gasteiger partial charge on any atom is 0.270 e. The molecule has 5 heteroatoms. The number of hydrogen-bond donors (Lipinski definition) is 2. The van der Waals surface area contributed by atoms with Crippen LogP contribution in [-0.4, -0.2) is 15.9 Å². The quantitative estimate of drug-likeness (QED) is 0.549. The maximum atomic E-state index is 12.3. The average molecular weight is 357 g/mol. The summed E-state index contributed by atoms with van der Waals surface area (Å²) in [6.45, 7) is 2.46. The molecule has 5 nitrogen and oxygen atoms in total. The fourth-order valence-corrected chi connectivity index (χ4v) is 2.80. The van der Waals surface area contributed by atoms with Gasteiger partial charge < -0.3 is 15.0 Å². The molecule has 0 atom stereocenters. The van der Waals surface area contributed by atoms with E-state index in [4.69, 9.17) is 4.74 Å². The van der Waals surface area contributed by atoms with Gasteiger partial charge in [-0.3, -0.25) is 4.79 Å². The predicted molar refractivity (Wildman–Crippen MR) is 105 cm³/mol. The van der Waals surface area contributed by atoms with Crippen LogP contribution in [0, 0.1) is 6.92 Å². The van der Waals surface area contributed by atoms with Gasteiger partial charge in [0.2, 0.25) is 0 Å². The summed E-state index contributed by atoms with van der Waals surface area (Å²) in [7, 11) is 0. The molecule has 2 N–H and O–H groups in total. The molecule has 4 rings (SSSR count). The first-order valence-corrected chi connectivity index (χ1v) is 8.72.